The molecule has 1 aromatic heterocycles. The first-order valence-corrected chi connectivity index (χ1v) is 10.9. The minimum absolute atomic E-state index is 0.0954. The summed E-state index contributed by atoms with van der Waals surface area (Å²) in [6.45, 7) is 5.08. The molecule has 2 aliphatic rings. The third kappa shape index (κ3) is 3.54. The van der Waals surface area contributed by atoms with E-state index < -0.39 is 0 Å². The minimum Gasteiger partial charge on any atom is -0.495 e. The number of rotatable bonds is 5. The summed E-state index contributed by atoms with van der Waals surface area (Å²) in [4.78, 5) is 15.2. The molecule has 6 nitrogen and oxygen atoms in total. The van der Waals surface area contributed by atoms with E-state index in [4.69, 9.17) is 4.74 Å². The fraction of sp³-hybridized carbons (Fsp3) is 0.500. The number of aryl methyl sites for hydroxylation is 1. The van der Waals surface area contributed by atoms with Crippen LogP contribution >= 0.6 is 0 Å². The highest BCUT2D eigenvalue weighted by Gasteiger charge is 2.28. The maximum Gasteiger partial charge on any atom is 0.245 e. The van der Waals surface area contributed by atoms with E-state index in [0.717, 1.165) is 54.9 Å². The SMILES string of the molecule is COc1cccc2c1N(CC(=O)Nc1c(C#N)c(C)c(C)n1C1CCCC1)CCC2. The highest BCUT2D eigenvalue weighted by atomic mass is 16.5. The molecule has 1 aromatic carbocycles. The second kappa shape index (κ2) is 8.43. The number of amides is 1. The normalized spacial score (nSPS) is 16.3. The molecule has 2 heterocycles. The van der Waals surface area contributed by atoms with Crippen LogP contribution in [0.4, 0.5) is 11.5 Å². The number of carbonyl (C=O) groups excluding carboxylic acids is 1. The maximum absolute atomic E-state index is 13.1. The van der Waals surface area contributed by atoms with Crippen molar-refractivity contribution in [1.82, 2.24) is 4.57 Å². The second-order valence-electron chi connectivity index (χ2n) is 8.40. The van der Waals surface area contributed by atoms with Crippen LogP contribution in [0.25, 0.3) is 0 Å². The van der Waals surface area contributed by atoms with E-state index in [1.165, 1.54) is 18.4 Å². The molecule has 0 saturated heterocycles. The number of hydrogen-bond donors (Lipinski definition) is 1. The van der Waals surface area contributed by atoms with Gasteiger partial charge in [-0.1, -0.05) is 25.0 Å². The van der Waals surface area contributed by atoms with Crippen molar-refractivity contribution in [3.8, 4) is 11.8 Å². The first-order chi connectivity index (χ1) is 14.5. The lowest BCUT2D eigenvalue weighted by molar-refractivity contribution is -0.115. The molecule has 1 amide bonds. The summed E-state index contributed by atoms with van der Waals surface area (Å²) in [6, 6.07) is 8.73. The smallest absolute Gasteiger partial charge is 0.245 e. The largest absolute Gasteiger partial charge is 0.495 e. The third-order valence-electron chi connectivity index (χ3n) is 6.64. The Labute approximate surface area is 178 Å². The Morgan fingerprint density at radius 3 is 2.73 bits per heavy atom. The molecule has 2 aromatic rings. The first-order valence-electron chi connectivity index (χ1n) is 10.9. The number of carbonyl (C=O) groups is 1. The van der Waals surface area contributed by atoms with E-state index in [0.29, 0.717) is 17.4 Å². The van der Waals surface area contributed by atoms with Gasteiger partial charge in [0.2, 0.25) is 5.91 Å². The Morgan fingerprint density at radius 1 is 1.27 bits per heavy atom. The molecule has 0 spiro atoms. The zero-order valence-corrected chi connectivity index (χ0v) is 18.1. The number of nitrogens with one attached hydrogen (secondary N) is 1. The van der Waals surface area contributed by atoms with Crippen LogP contribution in [0.3, 0.4) is 0 Å². The number of fused-ring (bicyclic) bond motifs is 1. The number of nitrogens with zero attached hydrogens (tertiary/aromatic N) is 3. The van der Waals surface area contributed by atoms with Crippen LogP contribution in [-0.2, 0) is 11.2 Å². The second-order valence-corrected chi connectivity index (χ2v) is 8.40. The average molecular weight is 407 g/mol. The van der Waals surface area contributed by atoms with E-state index in [2.05, 4.69) is 33.8 Å². The Balaban J connectivity index is 1.61. The number of para-hydroxylation sites is 1. The zero-order chi connectivity index (χ0) is 21.3. The van der Waals surface area contributed by atoms with E-state index >= 15 is 0 Å². The van der Waals surface area contributed by atoms with Gasteiger partial charge in [0, 0.05) is 18.3 Å². The number of ether oxygens (including phenoxy) is 1. The summed E-state index contributed by atoms with van der Waals surface area (Å²) < 4.78 is 7.76. The molecular weight excluding hydrogens is 376 g/mol. The molecule has 6 heteroatoms. The van der Waals surface area contributed by atoms with Crippen LogP contribution in [0, 0.1) is 25.2 Å². The molecule has 1 N–H and O–H groups in total. The van der Waals surface area contributed by atoms with Gasteiger partial charge >= 0.3 is 0 Å². The summed E-state index contributed by atoms with van der Waals surface area (Å²) >= 11 is 0. The lowest BCUT2D eigenvalue weighted by Gasteiger charge is -2.32. The van der Waals surface area contributed by atoms with E-state index in [9.17, 15) is 10.1 Å². The van der Waals surface area contributed by atoms with Crippen LogP contribution in [0.1, 0.15) is 60.5 Å². The number of anilines is 2. The predicted molar refractivity (Wildman–Crippen MR) is 118 cm³/mol. The summed E-state index contributed by atoms with van der Waals surface area (Å²) in [5, 5.41) is 12.9. The molecule has 30 heavy (non-hydrogen) atoms. The van der Waals surface area contributed by atoms with Crippen molar-refractivity contribution in [3.05, 3.63) is 40.6 Å². The number of benzene rings is 1. The quantitative estimate of drug-likeness (QED) is 0.794. The molecule has 4 rings (SSSR count). The fourth-order valence-corrected chi connectivity index (χ4v) is 5.07. The summed E-state index contributed by atoms with van der Waals surface area (Å²) in [5.74, 6) is 1.38. The first kappa shape index (κ1) is 20.3. The van der Waals surface area contributed by atoms with Crippen LogP contribution in [0.15, 0.2) is 18.2 Å². The third-order valence-corrected chi connectivity index (χ3v) is 6.64. The van der Waals surface area contributed by atoms with Crippen LogP contribution < -0.4 is 15.0 Å². The molecule has 1 saturated carbocycles. The Kier molecular flexibility index (Phi) is 5.72. The van der Waals surface area contributed by atoms with E-state index in [1.54, 1.807) is 7.11 Å². The lowest BCUT2D eigenvalue weighted by Crippen LogP contribution is -2.37. The average Bonchev–Trinajstić information content (AvgIpc) is 3.35. The fourth-order valence-electron chi connectivity index (χ4n) is 5.07. The van der Waals surface area contributed by atoms with Gasteiger partial charge < -0.3 is 19.5 Å². The number of methoxy groups -OCH3 is 1. The van der Waals surface area contributed by atoms with Gasteiger partial charge in [0.25, 0.3) is 0 Å². The van der Waals surface area contributed by atoms with Gasteiger partial charge in [-0.25, -0.2) is 0 Å². The van der Waals surface area contributed by atoms with Crippen LogP contribution in [-0.4, -0.2) is 30.7 Å². The Hall–Kier alpha value is -2.94. The van der Waals surface area contributed by atoms with Gasteiger partial charge in [-0.15, -0.1) is 0 Å². The van der Waals surface area contributed by atoms with Crippen molar-refractivity contribution < 1.29 is 9.53 Å². The van der Waals surface area contributed by atoms with Crippen molar-refractivity contribution >= 4 is 17.4 Å². The summed E-state index contributed by atoms with van der Waals surface area (Å²) in [7, 11) is 1.67. The van der Waals surface area contributed by atoms with E-state index in [-0.39, 0.29) is 12.5 Å². The van der Waals surface area contributed by atoms with Gasteiger partial charge in [0.15, 0.2) is 0 Å². The summed E-state index contributed by atoms with van der Waals surface area (Å²) in [6.07, 6.45) is 6.58. The highest BCUT2D eigenvalue weighted by molar-refractivity contribution is 5.95. The number of hydrogen-bond acceptors (Lipinski definition) is 4. The van der Waals surface area contributed by atoms with Crippen molar-refractivity contribution in [2.75, 3.05) is 30.4 Å². The van der Waals surface area contributed by atoms with Gasteiger partial charge in [-0.2, -0.15) is 5.26 Å². The molecule has 1 fully saturated rings. The van der Waals surface area contributed by atoms with Gasteiger partial charge in [0.05, 0.1) is 24.9 Å². The molecule has 0 radical (unpaired) electrons. The van der Waals surface area contributed by atoms with Gasteiger partial charge in [0.1, 0.15) is 17.6 Å². The minimum atomic E-state index is -0.0954. The molecule has 158 valence electrons. The highest BCUT2D eigenvalue weighted by Crippen LogP contribution is 2.38. The topological polar surface area (TPSA) is 70.3 Å². The molecule has 0 unspecified atom stereocenters. The molecule has 1 aliphatic heterocycles. The van der Waals surface area contributed by atoms with Crippen molar-refractivity contribution in [3.63, 3.8) is 0 Å². The zero-order valence-electron chi connectivity index (χ0n) is 18.1. The van der Waals surface area contributed by atoms with Crippen molar-refractivity contribution in [2.45, 2.75) is 58.4 Å². The van der Waals surface area contributed by atoms with Gasteiger partial charge in [-0.3, -0.25) is 4.79 Å². The van der Waals surface area contributed by atoms with Crippen molar-refractivity contribution in [2.24, 2.45) is 0 Å². The standard InChI is InChI=1S/C24H30N4O2/c1-16-17(2)28(19-10-4-5-11-19)24(20(16)14-25)26-22(29)15-27-13-7-9-18-8-6-12-21(30-3)23(18)27/h6,8,12,19H,4-5,7,9-11,13,15H2,1-3H3,(H,26,29). The molecule has 0 atom stereocenters. The number of aromatic nitrogens is 1. The maximum atomic E-state index is 13.1. The predicted octanol–water partition coefficient (Wildman–Crippen LogP) is 4.49. The summed E-state index contributed by atoms with van der Waals surface area (Å²) in [5.41, 5.74) is 4.86. The Morgan fingerprint density at radius 2 is 2.03 bits per heavy atom. The van der Waals surface area contributed by atoms with Gasteiger partial charge in [-0.05, 0) is 56.7 Å². The van der Waals surface area contributed by atoms with Crippen molar-refractivity contribution in [1.29, 1.82) is 5.26 Å². The number of nitriles is 1. The van der Waals surface area contributed by atoms with E-state index in [1.807, 2.05) is 19.1 Å². The molecule has 0 bridgehead atoms. The van der Waals surface area contributed by atoms with Crippen LogP contribution in [0.5, 0.6) is 5.75 Å². The Bertz CT molecular complexity index is 981. The monoisotopic (exact) mass is 406 g/mol. The lowest BCUT2D eigenvalue weighted by atomic mass is 10.0. The molecular formula is C24H30N4O2. The molecule has 1 aliphatic carbocycles. The van der Waals surface area contributed by atoms with Crippen LogP contribution in [0.2, 0.25) is 0 Å².